The molecule has 1 saturated heterocycles. The third kappa shape index (κ3) is 7.50. The van der Waals surface area contributed by atoms with Crippen LogP contribution in [0.5, 0.6) is 5.75 Å². The molecule has 0 aromatic heterocycles. The first-order chi connectivity index (χ1) is 17.6. The number of nitrogens with zero attached hydrogens (tertiary/aromatic N) is 2. The second kappa shape index (κ2) is 11.9. The lowest BCUT2D eigenvalue weighted by molar-refractivity contribution is -0.160. The van der Waals surface area contributed by atoms with Crippen LogP contribution in [0, 0.1) is 11.8 Å². The molecule has 0 spiro atoms. The van der Waals surface area contributed by atoms with Crippen LogP contribution in [-0.2, 0) is 20.9 Å². The van der Waals surface area contributed by atoms with E-state index in [-0.39, 0.29) is 23.7 Å². The van der Waals surface area contributed by atoms with Crippen LogP contribution in [-0.4, -0.2) is 48.1 Å². The predicted octanol–water partition coefficient (Wildman–Crippen LogP) is 6.21. The Hall–Kier alpha value is -2.54. The van der Waals surface area contributed by atoms with Crippen molar-refractivity contribution in [3.63, 3.8) is 0 Å². The molecule has 37 heavy (non-hydrogen) atoms. The van der Waals surface area contributed by atoms with Gasteiger partial charge in [-0.25, -0.2) is 4.79 Å². The van der Waals surface area contributed by atoms with Crippen molar-refractivity contribution in [1.82, 2.24) is 4.90 Å². The van der Waals surface area contributed by atoms with E-state index in [1.54, 1.807) is 13.8 Å². The first-order valence-electron chi connectivity index (χ1n) is 13.4. The van der Waals surface area contributed by atoms with Crippen LogP contribution in [0.25, 0.3) is 0 Å². The molecule has 1 saturated carbocycles. The van der Waals surface area contributed by atoms with Crippen molar-refractivity contribution in [3.05, 3.63) is 58.6 Å². The summed E-state index contributed by atoms with van der Waals surface area (Å²) in [6.45, 7) is 10.1. The molecule has 6 nitrogen and oxygen atoms in total. The van der Waals surface area contributed by atoms with Gasteiger partial charge in [0.05, 0.1) is 12.5 Å². The third-order valence-corrected chi connectivity index (χ3v) is 7.43. The average molecular weight is 572 g/mol. The number of amides is 1. The first-order valence-corrected chi connectivity index (χ1v) is 14.2. The zero-order valence-corrected chi connectivity index (χ0v) is 24.0. The molecule has 7 heteroatoms. The van der Waals surface area contributed by atoms with Crippen LogP contribution in [0.4, 0.5) is 5.69 Å². The largest absolute Gasteiger partial charge is 0.476 e. The number of hydrogen-bond donors (Lipinski definition) is 0. The zero-order chi connectivity index (χ0) is 26.6. The van der Waals surface area contributed by atoms with Crippen molar-refractivity contribution in [2.75, 3.05) is 24.6 Å². The van der Waals surface area contributed by atoms with Crippen molar-refractivity contribution >= 4 is 33.5 Å². The number of benzene rings is 2. The summed E-state index contributed by atoms with van der Waals surface area (Å²) in [5, 5.41) is 0. The van der Waals surface area contributed by atoms with Gasteiger partial charge in [-0.2, -0.15) is 0 Å². The Morgan fingerprint density at radius 2 is 1.84 bits per heavy atom. The van der Waals surface area contributed by atoms with Crippen LogP contribution >= 0.6 is 15.9 Å². The molecule has 1 unspecified atom stereocenters. The molecule has 0 radical (unpaired) electrons. The van der Waals surface area contributed by atoms with E-state index in [1.165, 1.54) is 0 Å². The first kappa shape index (κ1) is 27.5. The molecular formula is C30H39BrN2O4. The van der Waals surface area contributed by atoms with Gasteiger partial charge in [0.2, 0.25) is 5.91 Å². The lowest BCUT2D eigenvalue weighted by Crippen LogP contribution is -2.45. The molecule has 200 valence electrons. The van der Waals surface area contributed by atoms with Crippen molar-refractivity contribution in [3.8, 4) is 5.75 Å². The molecule has 2 aromatic rings. The van der Waals surface area contributed by atoms with Gasteiger partial charge < -0.3 is 19.3 Å². The Morgan fingerprint density at radius 1 is 1.11 bits per heavy atom. The normalized spacial score (nSPS) is 18.0. The van der Waals surface area contributed by atoms with Gasteiger partial charge in [0.1, 0.15) is 5.75 Å². The Labute approximate surface area is 229 Å². The molecule has 0 bridgehead atoms. The highest BCUT2D eigenvalue weighted by molar-refractivity contribution is 9.10. The van der Waals surface area contributed by atoms with E-state index in [2.05, 4.69) is 37.9 Å². The summed E-state index contributed by atoms with van der Waals surface area (Å²) >= 11 is 3.50. The highest BCUT2D eigenvalue weighted by Crippen LogP contribution is 2.33. The average Bonchev–Trinajstić information content (AvgIpc) is 3.72. The Bertz CT molecular complexity index is 1080. The van der Waals surface area contributed by atoms with Crippen LogP contribution < -0.4 is 9.64 Å². The molecule has 1 aliphatic heterocycles. The van der Waals surface area contributed by atoms with Crippen molar-refractivity contribution in [2.45, 2.75) is 71.6 Å². The van der Waals surface area contributed by atoms with E-state index in [0.717, 1.165) is 48.0 Å². The van der Waals surface area contributed by atoms with Crippen LogP contribution in [0.1, 0.15) is 58.9 Å². The van der Waals surface area contributed by atoms with Gasteiger partial charge in [-0.1, -0.05) is 48.0 Å². The molecule has 1 atom stereocenters. The Morgan fingerprint density at radius 3 is 2.51 bits per heavy atom. The molecule has 1 heterocycles. The minimum Gasteiger partial charge on any atom is -0.476 e. The van der Waals surface area contributed by atoms with E-state index < -0.39 is 5.60 Å². The van der Waals surface area contributed by atoms with E-state index >= 15 is 0 Å². The summed E-state index contributed by atoms with van der Waals surface area (Å²) in [5.41, 5.74) is 1.08. The van der Waals surface area contributed by atoms with Crippen molar-refractivity contribution < 1.29 is 19.1 Å². The predicted molar refractivity (Wildman–Crippen MR) is 150 cm³/mol. The van der Waals surface area contributed by atoms with Gasteiger partial charge in [0, 0.05) is 41.9 Å². The molecule has 1 amide bonds. The van der Waals surface area contributed by atoms with E-state index in [4.69, 9.17) is 9.47 Å². The third-order valence-electron chi connectivity index (χ3n) is 6.90. The minimum atomic E-state index is -1.09. The molecule has 0 N–H and O–H groups in total. The second-order valence-corrected chi connectivity index (χ2v) is 12.1. The monoisotopic (exact) mass is 570 g/mol. The molecular weight excluding hydrogens is 532 g/mol. The number of esters is 1. The van der Waals surface area contributed by atoms with Crippen molar-refractivity contribution in [2.24, 2.45) is 11.8 Å². The lowest BCUT2D eigenvalue weighted by atomic mass is 9.95. The number of anilines is 1. The van der Waals surface area contributed by atoms with Gasteiger partial charge >= 0.3 is 5.97 Å². The van der Waals surface area contributed by atoms with E-state index in [0.29, 0.717) is 31.5 Å². The topological polar surface area (TPSA) is 59.1 Å². The quantitative estimate of drug-likeness (QED) is 0.318. The number of halogens is 1. The number of carbonyl (C=O) groups is 2. The molecule has 2 fully saturated rings. The SMILES string of the molecule is CC(C)COC(=O)C(C)(C)Oc1cccc(N2CCCC(C(=O)N(Cc3ccc(Br)cc3)C3CC3)C2)c1. The van der Waals surface area contributed by atoms with Gasteiger partial charge in [-0.05, 0) is 75.3 Å². The maximum absolute atomic E-state index is 13.7. The zero-order valence-electron chi connectivity index (χ0n) is 22.4. The van der Waals surface area contributed by atoms with Gasteiger partial charge in [0.15, 0.2) is 5.60 Å². The van der Waals surface area contributed by atoms with Gasteiger partial charge in [-0.3, -0.25) is 4.79 Å². The maximum Gasteiger partial charge on any atom is 0.349 e. The second-order valence-electron chi connectivity index (χ2n) is 11.2. The van der Waals surface area contributed by atoms with Crippen LogP contribution in [0.3, 0.4) is 0 Å². The number of ether oxygens (including phenoxy) is 2. The fourth-order valence-corrected chi connectivity index (χ4v) is 4.97. The molecule has 4 rings (SSSR count). The van der Waals surface area contributed by atoms with Crippen LogP contribution in [0.15, 0.2) is 53.0 Å². The van der Waals surface area contributed by atoms with Gasteiger partial charge in [-0.15, -0.1) is 0 Å². The molecule has 2 aliphatic rings. The highest BCUT2D eigenvalue weighted by Gasteiger charge is 2.37. The summed E-state index contributed by atoms with van der Waals surface area (Å²) in [5.74, 6) is 0.741. The van der Waals surface area contributed by atoms with E-state index in [1.807, 2.05) is 50.2 Å². The number of piperidine rings is 1. The molecule has 2 aromatic carbocycles. The number of hydrogen-bond acceptors (Lipinski definition) is 5. The van der Waals surface area contributed by atoms with Crippen molar-refractivity contribution in [1.29, 1.82) is 0 Å². The maximum atomic E-state index is 13.7. The standard InChI is InChI=1S/C30H39BrN2O4/c1-21(2)20-36-29(35)30(3,4)37-27-9-5-8-26(17-27)32-16-6-7-23(19-32)28(34)33(25-14-15-25)18-22-10-12-24(31)13-11-22/h5,8-13,17,21,23,25H,6-7,14-16,18-20H2,1-4H3. The Kier molecular flexibility index (Phi) is 8.83. The smallest absolute Gasteiger partial charge is 0.349 e. The fraction of sp³-hybridized carbons (Fsp3) is 0.533. The van der Waals surface area contributed by atoms with E-state index in [9.17, 15) is 9.59 Å². The number of rotatable bonds is 10. The summed E-state index contributed by atoms with van der Waals surface area (Å²) < 4.78 is 12.5. The lowest BCUT2D eigenvalue weighted by Gasteiger charge is -2.36. The highest BCUT2D eigenvalue weighted by atomic mass is 79.9. The summed E-state index contributed by atoms with van der Waals surface area (Å²) in [4.78, 5) is 30.6. The fourth-order valence-electron chi connectivity index (χ4n) is 4.70. The molecule has 1 aliphatic carbocycles. The van der Waals surface area contributed by atoms with Gasteiger partial charge in [0.25, 0.3) is 0 Å². The number of carbonyl (C=O) groups excluding carboxylic acids is 2. The summed E-state index contributed by atoms with van der Waals surface area (Å²) in [7, 11) is 0. The van der Waals surface area contributed by atoms with Crippen LogP contribution in [0.2, 0.25) is 0 Å². The summed E-state index contributed by atoms with van der Waals surface area (Å²) in [6, 6.07) is 16.4. The summed E-state index contributed by atoms with van der Waals surface area (Å²) in [6.07, 6.45) is 4.05. The Balaban J connectivity index is 1.41. The minimum absolute atomic E-state index is 0.0307.